The number of ether oxygens (including phenoxy) is 2. The average molecular weight is 290 g/mol. The number of anilines is 2. The van der Waals surface area contributed by atoms with Gasteiger partial charge in [0.1, 0.15) is 17.3 Å². The van der Waals surface area contributed by atoms with E-state index < -0.39 is 11.7 Å². The van der Waals surface area contributed by atoms with Crippen LogP contribution in [0.4, 0.5) is 15.8 Å². The van der Waals surface area contributed by atoms with E-state index in [0.717, 1.165) is 6.07 Å². The normalized spacial score (nSPS) is 10.0. The number of carbonyl (C=O) groups is 1. The van der Waals surface area contributed by atoms with Crippen molar-refractivity contribution < 1.29 is 18.7 Å². The van der Waals surface area contributed by atoms with E-state index in [1.807, 2.05) is 0 Å². The Morgan fingerprint density at radius 1 is 1.14 bits per heavy atom. The second kappa shape index (κ2) is 6.13. The van der Waals surface area contributed by atoms with Crippen molar-refractivity contribution in [3.63, 3.8) is 0 Å². The van der Waals surface area contributed by atoms with Crippen LogP contribution in [0.1, 0.15) is 10.4 Å². The average Bonchev–Trinajstić information content (AvgIpc) is 2.49. The number of methoxy groups -OCH3 is 2. The minimum absolute atomic E-state index is 0.144. The van der Waals surface area contributed by atoms with E-state index in [4.69, 9.17) is 15.2 Å². The fourth-order valence-corrected chi connectivity index (χ4v) is 1.83. The van der Waals surface area contributed by atoms with Crippen LogP contribution in [-0.2, 0) is 0 Å². The van der Waals surface area contributed by atoms with Crippen LogP contribution >= 0.6 is 0 Å². The number of hydrogen-bond donors (Lipinski definition) is 2. The summed E-state index contributed by atoms with van der Waals surface area (Å²) in [6.45, 7) is 0. The lowest BCUT2D eigenvalue weighted by Gasteiger charge is -2.12. The second-order valence-corrected chi connectivity index (χ2v) is 4.25. The Morgan fingerprint density at radius 3 is 2.52 bits per heavy atom. The fraction of sp³-hybridized carbons (Fsp3) is 0.133. The number of nitrogens with two attached hydrogens (primary N) is 1. The molecule has 2 aromatic carbocycles. The molecule has 2 rings (SSSR count). The second-order valence-electron chi connectivity index (χ2n) is 4.25. The number of carbonyl (C=O) groups excluding carboxylic acids is 1. The molecule has 110 valence electrons. The highest BCUT2D eigenvalue weighted by Gasteiger charge is 2.15. The van der Waals surface area contributed by atoms with Crippen molar-refractivity contribution in [3.8, 4) is 11.5 Å². The number of nitrogen functional groups attached to an aromatic ring is 1. The van der Waals surface area contributed by atoms with Gasteiger partial charge in [0.2, 0.25) is 0 Å². The zero-order valence-corrected chi connectivity index (χ0v) is 11.6. The molecule has 0 unspecified atom stereocenters. The number of rotatable bonds is 4. The van der Waals surface area contributed by atoms with Gasteiger partial charge in [-0.1, -0.05) is 0 Å². The lowest BCUT2D eigenvalue weighted by Crippen LogP contribution is -2.14. The van der Waals surface area contributed by atoms with Crippen molar-refractivity contribution in [2.45, 2.75) is 0 Å². The summed E-state index contributed by atoms with van der Waals surface area (Å²) in [7, 11) is 2.96. The van der Waals surface area contributed by atoms with E-state index >= 15 is 0 Å². The lowest BCUT2D eigenvalue weighted by molar-refractivity contribution is 0.102. The third kappa shape index (κ3) is 3.22. The van der Waals surface area contributed by atoms with Gasteiger partial charge in [-0.25, -0.2) is 4.39 Å². The molecular formula is C15H15FN2O3. The molecule has 5 nitrogen and oxygen atoms in total. The monoisotopic (exact) mass is 290 g/mol. The van der Waals surface area contributed by atoms with Crippen LogP contribution in [0.3, 0.4) is 0 Å². The molecule has 0 aliphatic heterocycles. The van der Waals surface area contributed by atoms with Crippen molar-refractivity contribution in [2.75, 3.05) is 25.3 Å². The highest BCUT2D eigenvalue weighted by atomic mass is 19.1. The van der Waals surface area contributed by atoms with Gasteiger partial charge in [-0.3, -0.25) is 4.79 Å². The summed E-state index contributed by atoms with van der Waals surface area (Å²) in [6.07, 6.45) is 0. The molecule has 0 aromatic heterocycles. The van der Waals surface area contributed by atoms with Gasteiger partial charge in [0.25, 0.3) is 5.91 Å². The summed E-state index contributed by atoms with van der Waals surface area (Å²) in [6, 6.07) is 8.61. The SMILES string of the molecule is COc1ccc(OC)c(C(=O)Nc2ccc(F)cc2N)c1. The molecule has 0 spiro atoms. The molecule has 0 bridgehead atoms. The first kappa shape index (κ1) is 14.6. The topological polar surface area (TPSA) is 73.6 Å². The molecule has 0 saturated carbocycles. The van der Waals surface area contributed by atoms with Gasteiger partial charge in [0, 0.05) is 0 Å². The van der Waals surface area contributed by atoms with Crippen molar-refractivity contribution in [2.24, 2.45) is 0 Å². The predicted molar refractivity (Wildman–Crippen MR) is 78.3 cm³/mol. The van der Waals surface area contributed by atoms with Crippen molar-refractivity contribution in [1.82, 2.24) is 0 Å². The fourth-order valence-electron chi connectivity index (χ4n) is 1.83. The highest BCUT2D eigenvalue weighted by molar-refractivity contribution is 6.07. The van der Waals surface area contributed by atoms with Gasteiger partial charge in [-0.15, -0.1) is 0 Å². The molecule has 2 aromatic rings. The summed E-state index contributed by atoms with van der Waals surface area (Å²) in [5.74, 6) is 0.0236. The van der Waals surface area contributed by atoms with E-state index in [0.29, 0.717) is 22.7 Å². The Hall–Kier alpha value is -2.76. The van der Waals surface area contributed by atoms with Gasteiger partial charge >= 0.3 is 0 Å². The van der Waals surface area contributed by atoms with E-state index in [1.54, 1.807) is 18.2 Å². The molecule has 0 atom stereocenters. The lowest BCUT2D eigenvalue weighted by atomic mass is 10.1. The minimum Gasteiger partial charge on any atom is -0.497 e. The van der Waals surface area contributed by atoms with E-state index in [1.165, 1.54) is 26.4 Å². The molecule has 0 heterocycles. The quantitative estimate of drug-likeness (QED) is 0.849. The van der Waals surface area contributed by atoms with Gasteiger partial charge in [0.15, 0.2) is 0 Å². The van der Waals surface area contributed by atoms with Gasteiger partial charge in [-0.2, -0.15) is 0 Å². The molecule has 0 radical (unpaired) electrons. The zero-order valence-electron chi connectivity index (χ0n) is 11.6. The summed E-state index contributed by atoms with van der Waals surface area (Å²) < 4.78 is 23.2. The molecule has 1 amide bonds. The molecule has 21 heavy (non-hydrogen) atoms. The van der Waals surface area contributed by atoms with Crippen molar-refractivity contribution in [3.05, 3.63) is 47.8 Å². The van der Waals surface area contributed by atoms with Gasteiger partial charge < -0.3 is 20.5 Å². The van der Waals surface area contributed by atoms with Crippen LogP contribution in [0.25, 0.3) is 0 Å². The van der Waals surface area contributed by atoms with E-state index in [9.17, 15) is 9.18 Å². The third-order valence-corrected chi connectivity index (χ3v) is 2.91. The Balaban J connectivity index is 2.31. The summed E-state index contributed by atoms with van der Waals surface area (Å²) in [4.78, 5) is 12.3. The zero-order chi connectivity index (χ0) is 15.4. The molecular weight excluding hydrogens is 275 g/mol. The van der Waals surface area contributed by atoms with E-state index in [2.05, 4.69) is 5.32 Å². The van der Waals surface area contributed by atoms with Crippen LogP contribution in [0.15, 0.2) is 36.4 Å². The highest BCUT2D eigenvalue weighted by Crippen LogP contribution is 2.26. The molecule has 0 saturated heterocycles. The van der Waals surface area contributed by atoms with Crippen LogP contribution < -0.4 is 20.5 Å². The third-order valence-electron chi connectivity index (χ3n) is 2.91. The first-order valence-corrected chi connectivity index (χ1v) is 6.13. The Morgan fingerprint density at radius 2 is 1.90 bits per heavy atom. The predicted octanol–water partition coefficient (Wildman–Crippen LogP) is 2.68. The Labute approximate surface area is 121 Å². The molecule has 0 aliphatic rings. The maximum atomic E-state index is 13.0. The molecule has 0 aliphatic carbocycles. The largest absolute Gasteiger partial charge is 0.497 e. The smallest absolute Gasteiger partial charge is 0.259 e. The molecule has 6 heteroatoms. The standard InChI is InChI=1S/C15H15FN2O3/c1-20-10-4-6-14(21-2)11(8-10)15(19)18-13-5-3-9(16)7-12(13)17/h3-8H,17H2,1-2H3,(H,18,19). The Kier molecular flexibility index (Phi) is 4.27. The summed E-state index contributed by atoms with van der Waals surface area (Å²) in [5, 5.41) is 2.61. The minimum atomic E-state index is -0.468. The maximum Gasteiger partial charge on any atom is 0.259 e. The number of nitrogens with one attached hydrogen (secondary N) is 1. The number of halogens is 1. The number of amides is 1. The van der Waals surface area contributed by atoms with Crippen molar-refractivity contribution >= 4 is 17.3 Å². The van der Waals surface area contributed by atoms with E-state index in [-0.39, 0.29) is 5.69 Å². The molecule has 3 N–H and O–H groups in total. The van der Waals surface area contributed by atoms with Crippen molar-refractivity contribution in [1.29, 1.82) is 0 Å². The van der Waals surface area contributed by atoms with Crippen LogP contribution in [0, 0.1) is 5.82 Å². The first-order valence-electron chi connectivity index (χ1n) is 6.13. The van der Waals surface area contributed by atoms with Gasteiger partial charge in [-0.05, 0) is 36.4 Å². The summed E-state index contributed by atoms with van der Waals surface area (Å²) >= 11 is 0. The van der Waals surface area contributed by atoms with Crippen LogP contribution in [0.5, 0.6) is 11.5 Å². The first-order chi connectivity index (χ1) is 10.0. The molecule has 0 fully saturated rings. The number of benzene rings is 2. The Bertz CT molecular complexity index is 674. The number of hydrogen-bond acceptors (Lipinski definition) is 4. The van der Waals surface area contributed by atoms with Gasteiger partial charge in [0.05, 0.1) is 31.2 Å². The summed E-state index contributed by atoms with van der Waals surface area (Å²) in [5.41, 5.74) is 6.42. The maximum absolute atomic E-state index is 13.0. The van der Waals surface area contributed by atoms with Crippen LogP contribution in [-0.4, -0.2) is 20.1 Å². The van der Waals surface area contributed by atoms with Crippen LogP contribution in [0.2, 0.25) is 0 Å².